The molecule has 1 heterocycles. The Kier molecular flexibility index (Phi) is 4.22. The molecular formula is C14H17Cl2O2. The second-order valence-corrected chi connectivity index (χ2v) is 5.26. The van der Waals surface area contributed by atoms with Gasteiger partial charge in [-0.05, 0) is 31.9 Å². The second kappa shape index (κ2) is 5.38. The van der Waals surface area contributed by atoms with E-state index in [1.165, 1.54) is 0 Å². The Morgan fingerprint density at radius 2 is 1.72 bits per heavy atom. The number of hydrogen-bond acceptors (Lipinski definition) is 2. The number of rotatable bonds is 3. The van der Waals surface area contributed by atoms with Crippen molar-refractivity contribution in [3.63, 3.8) is 0 Å². The van der Waals surface area contributed by atoms with E-state index in [4.69, 9.17) is 32.7 Å². The Morgan fingerprint density at radius 1 is 1.17 bits per heavy atom. The van der Waals surface area contributed by atoms with Gasteiger partial charge in [0.05, 0.1) is 6.10 Å². The minimum Gasteiger partial charge on any atom is -0.344 e. The van der Waals surface area contributed by atoms with Crippen LogP contribution in [0.5, 0.6) is 0 Å². The van der Waals surface area contributed by atoms with Crippen LogP contribution in [-0.2, 0) is 9.47 Å². The molecule has 0 aromatic heterocycles. The van der Waals surface area contributed by atoms with Gasteiger partial charge in [-0.2, -0.15) is 0 Å². The molecule has 1 aliphatic heterocycles. The SMILES string of the molecule is [CH2][C@H]1OC(CC)(CC)O[C@@H]1c1c(Cl)cccc1Cl. The molecule has 1 aromatic carbocycles. The molecule has 1 radical (unpaired) electrons. The molecule has 0 bridgehead atoms. The molecule has 0 spiro atoms. The standard InChI is InChI=1S/C14H17Cl2O2/c1-4-14(5-2)17-9(3)13(18-14)12-10(15)7-6-8-11(12)16/h6-9,13H,3-5H2,1-2H3/t9-,13+/m1/s1. The van der Waals surface area contributed by atoms with Gasteiger partial charge in [0, 0.05) is 15.6 Å². The third-order valence-corrected chi connectivity index (χ3v) is 4.07. The lowest BCUT2D eigenvalue weighted by Gasteiger charge is -2.25. The molecule has 99 valence electrons. The van der Waals surface area contributed by atoms with E-state index in [1.54, 1.807) is 12.1 Å². The van der Waals surface area contributed by atoms with Gasteiger partial charge in [0.1, 0.15) is 6.10 Å². The van der Waals surface area contributed by atoms with E-state index in [0.717, 1.165) is 18.4 Å². The van der Waals surface area contributed by atoms with Gasteiger partial charge in [0.25, 0.3) is 0 Å². The van der Waals surface area contributed by atoms with Gasteiger partial charge in [0.2, 0.25) is 0 Å². The maximum atomic E-state index is 6.21. The van der Waals surface area contributed by atoms with Crippen molar-refractivity contribution in [1.82, 2.24) is 0 Å². The predicted octanol–water partition coefficient (Wildman–Crippen LogP) is 4.80. The normalized spacial score (nSPS) is 26.5. The summed E-state index contributed by atoms with van der Waals surface area (Å²) in [5, 5.41) is 1.18. The Balaban J connectivity index is 2.35. The fraction of sp³-hybridized carbons (Fsp3) is 0.500. The molecular weight excluding hydrogens is 271 g/mol. The van der Waals surface area contributed by atoms with Crippen LogP contribution in [0, 0.1) is 6.92 Å². The summed E-state index contributed by atoms with van der Waals surface area (Å²) in [6.45, 7) is 8.07. The number of ether oxygens (including phenoxy) is 2. The van der Waals surface area contributed by atoms with E-state index in [0.29, 0.717) is 10.0 Å². The Labute approximate surface area is 118 Å². The maximum Gasteiger partial charge on any atom is 0.169 e. The first-order chi connectivity index (χ1) is 8.53. The van der Waals surface area contributed by atoms with Crippen molar-refractivity contribution in [2.75, 3.05) is 0 Å². The molecule has 2 rings (SSSR count). The summed E-state index contributed by atoms with van der Waals surface area (Å²) in [6, 6.07) is 5.42. The van der Waals surface area contributed by atoms with Gasteiger partial charge in [-0.25, -0.2) is 0 Å². The molecule has 1 fully saturated rings. The van der Waals surface area contributed by atoms with E-state index in [2.05, 4.69) is 6.92 Å². The topological polar surface area (TPSA) is 18.5 Å². The van der Waals surface area contributed by atoms with Crippen LogP contribution in [0.2, 0.25) is 10.0 Å². The average molecular weight is 288 g/mol. The highest BCUT2D eigenvalue weighted by Crippen LogP contribution is 2.45. The lowest BCUT2D eigenvalue weighted by Crippen LogP contribution is -2.28. The summed E-state index contributed by atoms with van der Waals surface area (Å²) in [6.07, 6.45) is 0.927. The molecule has 1 saturated heterocycles. The van der Waals surface area contributed by atoms with Crippen molar-refractivity contribution in [3.8, 4) is 0 Å². The zero-order valence-corrected chi connectivity index (χ0v) is 12.1. The second-order valence-electron chi connectivity index (χ2n) is 4.45. The van der Waals surface area contributed by atoms with Crippen LogP contribution in [0.25, 0.3) is 0 Å². The monoisotopic (exact) mass is 287 g/mol. The molecule has 2 nitrogen and oxygen atoms in total. The summed E-state index contributed by atoms with van der Waals surface area (Å²) in [5.74, 6) is -0.570. The largest absolute Gasteiger partial charge is 0.344 e. The van der Waals surface area contributed by atoms with E-state index in [-0.39, 0.29) is 12.2 Å². The van der Waals surface area contributed by atoms with Crippen LogP contribution in [0.1, 0.15) is 38.4 Å². The minimum atomic E-state index is -0.570. The Bertz CT molecular complexity index is 410. The van der Waals surface area contributed by atoms with Gasteiger partial charge in [-0.15, -0.1) is 0 Å². The van der Waals surface area contributed by atoms with Gasteiger partial charge >= 0.3 is 0 Å². The van der Waals surface area contributed by atoms with E-state index >= 15 is 0 Å². The summed E-state index contributed by atoms with van der Waals surface area (Å²) in [7, 11) is 0. The Morgan fingerprint density at radius 3 is 2.17 bits per heavy atom. The third kappa shape index (κ3) is 2.39. The summed E-state index contributed by atoms with van der Waals surface area (Å²) >= 11 is 12.4. The number of halogens is 2. The van der Waals surface area contributed by atoms with E-state index in [1.807, 2.05) is 19.9 Å². The number of hydrogen-bond donors (Lipinski definition) is 0. The van der Waals surface area contributed by atoms with Gasteiger partial charge in [-0.3, -0.25) is 0 Å². The maximum absolute atomic E-state index is 6.21. The highest BCUT2D eigenvalue weighted by atomic mass is 35.5. The number of benzene rings is 1. The van der Waals surface area contributed by atoms with Crippen LogP contribution in [0.3, 0.4) is 0 Å². The van der Waals surface area contributed by atoms with Crippen molar-refractivity contribution < 1.29 is 9.47 Å². The first-order valence-corrected chi connectivity index (χ1v) is 6.91. The lowest BCUT2D eigenvalue weighted by molar-refractivity contribution is -0.177. The smallest absolute Gasteiger partial charge is 0.169 e. The van der Waals surface area contributed by atoms with Crippen LogP contribution < -0.4 is 0 Å². The highest BCUT2D eigenvalue weighted by molar-refractivity contribution is 6.36. The molecule has 18 heavy (non-hydrogen) atoms. The summed E-state index contributed by atoms with van der Waals surface area (Å²) in [5.41, 5.74) is 0.768. The molecule has 0 N–H and O–H groups in total. The zero-order chi connectivity index (χ0) is 13.3. The fourth-order valence-corrected chi connectivity index (χ4v) is 2.90. The average Bonchev–Trinajstić information content (AvgIpc) is 2.68. The molecule has 0 saturated carbocycles. The lowest BCUT2D eigenvalue weighted by atomic mass is 10.1. The van der Waals surface area contributed by atoms with Crippen molar-refractivity contribution in [2.24, 2.45) is 0 Å². The van der Waals surface area contributed by atoms with Crippen LogP contribution in [0.4, 0.5) is 0 Å². The van der Waals surface area contributed by atoms with Crippen molar-refractivity contribution in [2.45, 2.75) is 44.7 Å². The zero-order valence-electron chi connectivity index (χ0n) is 10.6. The first-order valence-electron chi connectivity index (χ1n) is 6.15. The Hall–Kier alpha value is -0.280. The predicted molar refractivity (Wildman–Crippen MR) is 73.8 cm³/mol. The highest BCUT2D eigenvalue weighted by Gasteiger charge is 2.45. The minimum absolute atomic E-state index is 0.303. The van der Waals surface area contributed by atoms with Crippen LogP contribution >= 0.6 is 23.2 Å². The third-order valence-electron chi connectivity index (χ3n) is 3.41. The van der Waals surface area contributed by atoms with E-state index in [9.17, 15) is 0 Å². The molecule has 0 aliphatic carbocycles. The van der Waals surface area contributed by atoms with Crippen LogP contribution in [0.15, 0.2) is 18.2 Å². The fourth-order valence-electron chi connectivity index (χ4n) is 2.28. The van der Waals surface area contributed by atoms with Gasteiger partial charge in [-0.1, -0.05) is 43.1 Å². The van der Waals surface area contributed by atoms with Crippen LogP contribution in [-0.4, -0.2) is 11.9 Å². The molecule has 4 heteroatoms. The van der Waals surface area contributed by atoms with Gasteiger partial charge < -0.3 is 9.47 Å². The quantitative estimate of drug-likeness (QED) is 0.795. The summed E-state index contributed by atoms with van der Waals surface area (Å²) in [4.78, 5) is 0. The van der Waals surface area contributed by atoms with Crippen molar-refractivity contribution in [3.05, 3.63) is 40.7 Å². The summed E-state index contributed by atoms with van der Waals surface area (Å²) < 4.78 is 11.9. The van der Waals surface area contributed by atoms with E-state index < -0.39 is 5.79 Å². The molecule has 0 unspecified atom stereocenters. The molecule has 2 atom stereocenters. The first kappa shape index (κ1) is 14.1. The molecule has 0 amide bonds. The molecule has 1 aromatic rings. The molecule has 1 aliphatic rings. The van der Waals surface area contributed by atoms with Crippen molar-refractivity contribution >= 4 is 23.2 Å². The van der Waals surface area contributed by atoms with Gasteiger partial charge in [0.15, 0.2) is 5.79 Å². The van der Waals surface area contributed by atoms with Crippen molar-refractivity contribution in [1.29, 1.82) is 0 Å².